The molecular weight excluding hydrogens is 178 g/mol. The van der Waals surface area contributed by atoms with E-state index < -0.39 is 11.6 Å². The molecule has 1 aromatic rings. The third-order valence-electron chi connectivity index (χ3n) is 1.93. The van der Waals surface area contributed by atoms with Crippen molar-refractivity contribution in [1.82, 2.24) is 0 Å². The van der Waals surface area contributed by atoms with Gasteiger partial charge in [-0.25, -0.2) is 8.78 Å². The minimum Gasteiger partial charge on any atom is -0.491 e. The highest BCUT2D eigenvalue weighted by atomic mass is 19.1. The zero-order chi connectivity index (χ0) is 9.42. The highest BCUT2D eigenvalue weighted by Crippen LogP contribution is 2.33. The molecule has 1 aliphatic heterocycles. The summed E-state index contributed by atoms with van der Waals surface area (Å²) in [6.45, 7) is 0.533. The number of benzene rings is 1. The number of methoxy groups -OCH3 is 1. The van der Waals surface area contributed by atoms with E-state index in [1.165, 1.54) is 19.2 Å². The van der Waals surface area contributed by atoms with Crippen molar-refractivity contribution in [3.05, 3.63) is 29.3 Å². The second-order valence-electron chi connectivity index (χ2n) is 2.84. The molecule has 0 unspecified atom stereocenters. The Kier molecular flexibility index (Phi) is 1.92. The molecule has 0 aromatic heterocycles. The van der Waals surface area contributed by atoms with Gasteiger partial charge in [0.25, 0.3) is 0 Å². The van der Waals surface area contributed by atoms with Gasteiger partial charge in [0.05, 0.1) is 13.7 Å². The van der Waals surface area contributed by atoms with Gasteiger partial charge in [-0.3, -0.25) is 0 Å². The molecule has 1 heterocycles. The van der Waals surface area contributed by atoms with E-state index >= 15 is 0 Å². The second-order valence-corrected chi connectivity index (χ2v) is 2.84. The maximum absolute atomic E-state index is 13.1. The Morgan fingerprint density at radius 3 is 2.31 bits per heavy atom. The van der Waals surface area contributed by atoms with E-state index in [9.17, 15) is 8.78 Å². The van der Waals surface area contributed by atoms with Crippen LogP contribution in [-0.4, -0.2) is 13.7 Å². The molecule has 0 radical (unpaired) electrons. The third-order valence-corrected chi connectivity index (χ3v) is 1.93. The van der Waals surface area contributed by atoms with Crippen molar-refractivity contribution in [3.63, 3.8) is 0 Å². The van der Waals surface area contributed by atoms with Crippen LogP contribution in [0.4, 0.5) is 8.78 Å². The standard InChI is InChI=1S/C9H8F2O2/c1-12-9-6(10)2-5(3-7(9)11)8-4-13-8/h2-3,8H,4H2,1H3/t8-/m0/s1. The van der Waals surface area contributed by atoms with Crippen molar-refractivity contribution in [2.45, 2.75) is 6.10 Å². The lowest BCUT2D eigenvalue weighted by Crippen LogP contribution is -1.95. The van der Waals surface area contributed by atoms with Crippen LogP contribution in [0.5, 0.6) is 5.75 Å². The molecule has 1 saturated heterocycles. The molecule has 1 atom stereocenters. The maximum Gasteiger partial charge on any atom is 0.190 e. The van der Waals surface area contributed by atoms with Crippen molar-refractivity contribution in [2.24, 2.45) is 0 Å². The monoisotopic (exact) mass is 186 g/mol. The Balaban J connectivity index is 2.42. The molecule has 1 aliphatic rings. The Bertz CT molecular complexity index is 311. The number of hydrogen-bond donors (Lipinski definition) is 0. The molecule has 70 valence electrons. The lowest BCUT2D eigenvalue weighted by atomic mass is 10.1. The quantitative estimate of drug-likeness (QED) is 0.659. The second kappa shape index (κ2) is 2.96. The molecule has 0 spiro atoms. The molecule has 0 N–H and O–H groups in total. The van der Waals surface area contributed by atoms with Crippen LogP contribution < -0.4 is 4.74 Å². The summed E-state index contributed by atoms with van der Waals surface area (Å²) in [4.78, 5) is 0. The van der Waals surface area contributed by atoms with E-state index in [4.69, 9.17) is 4.74 Å². The first-order chi connectivity index (χ1) is 6.22. The maximum atomic E-state index is 13.1. The van der Waals surface area contributed by atoms with Crippen LogP contribution in [0.25, 0.3) is 0 Å². The Morgan fingerprint density at radius 1 is 1.38 bits per heavy atom. The van der Waals surface area contributed by atoms with Crippen molar-refractivity contribution in [2.75, 3.05) is 13.7 Å². The van der Waals surface area contributed by atoms with E-state index in [1.807, 2.05) is 0 Å². The fraction of sp³-hybridized carbons (Fsp3) is 0.333. The Morgan fingerprint density at radius 2 is 1.92 bits per heavy atom. The predicted molar refractivity (Wildman–Crippen MR) is 41.6 cm³/mol. The van der Waals surface area contributed by atoms with Crippen LogP contribution in [0.3, 0.4) is 0 Å². The number of ether oxygens (including phenoxy) is 2. The van der Waals surface area contributed by atoms with Gasteiger partial charge in [-0.05, 0) is 17.7 Å². The minimum atomic E-state index is -0.687. The summed E-state index contributed by atoms with van der Waals surface area (Å²) in [5.74, 6) is -1.72. The summed E-state index contributed by atoms with van der Waals surface area (Å²) in [5, 5.41) is 0. The summed E-state index contributed by atoms with van der Waals surface area (Å²) >= 11 is 0. The third kappa shape index (κ3) is 1.49. The number of halogens is 2. The highest BCUT2D eigenvalue weighted by Gasteiger charge is 2.27. The van der Waals surface area contributed by atoms with Crippen LogP contribution >= 0.6 is 0 Å². The molecule has 0 saturated carbocycles. The lowest BCUT2D eigenvalue weighted by Gasteiger charge is -2.04. The normalized spacial score (nSPS) is 20.1. The van der Waals surface area contributed by atoms with Crippen molar-refractivity contribution >= 4 is 0 Å². The van der Waals surface area contributed by atoms with Crippen LogP contribution in [-0.2, 0) is 4.74 Å². The van der Waals surface area contributed by atoms with Crippen molar-refractivity contribution in [1.29, 1.82) is 0 Å². The molecular formula is C9H8F2O2. The Hall–Kier alpha value is -1.16. The van der Waals surface area contributed by atoms with Gasteiger partial charge in [-0.2, -0.15) is 0 Å². The minimum absolute atomic E-state index is 0.144. The molecule has 1 fully saturated rings. The Labute approximate surface area is 74.1 Å². The van der Waals surface area contributed by atoms with Crippen LogP contribution in [0, 0.1) is 11.6 Å². The summed E-state index contributed by atoms with van der Waals surface area (Å²) in [5.41, 5.74) is 0.524. The van der Waals surface area contributed by atoms with Crippen LogP contribution in [0.15, 0.2) is 12.1 Å². The van der Waals surface area contributed by atoms with Gasteiger partial charge in [-0.1, -0.05) is 0 Å². The SMILES string of the molecule is COc1c(F)cc([C@@H]2CO2)cc1F. The van der Waals surface area contributed by atoms with Crippen LogP contribution in [0.1, 0.15) is 11.7 Å². The van der Waals surface area contributed by atoms with E-state index in [0.29, 0.717) is 12.2 Å². The highest BCUT2D eigenvalue weighted by molar-refractivity contribution is 5.33. The zero-order valence-corrected chi connectivity index (χ0v) is 7.01. The van der Waals surface area contributed by atoms with E-state index in [2.05, 4.69) is 4.74 Å². The van der Waals surface area contributed by atoms with Gasteiger partial charge in [0.2, 0.25) is 0 Å². The van der Waals surface area contributed by atoms with Gasteiger partial charge in [0, 0.05) is 0 Å². The topological polar surface area (TPSA) is 21.8 Å². The van der Waals surface area contributed by atoms with Crippen LogP contribution in [0.2, 0.25) is 0 Å². The first-order valence-corrected chi connectivity index (χ1v) is 3.87. The molecule has 2 nitrogen and oxygen atoms in total. The van der Waals surface area contributed by atoms with Gasteiger partial charge >= 0.3 is 0 Å². The van der Waals surface area contributed by atoms with Crippen molar-refractivity contribution in [3.8, 4) is 5.75 Å². The number of hydrogen-bond acceptors (Lipinski definition) is 2. The van der Waals surface area contributed by atoms with Gasteiger partial charge in [0.1, 0.15) is 6.10 Å². The molecule has 0 aliphatic carbocycles. The molecule has 1 aromatic carbocycles. The molecule has 0 amide bonds. The van der Waals surface area contributed by atoms with Gasteiger partial charge in [0.15, 0.2) is 17.4 Å². The fourth-order valence-electron chi connectivity index (χ4n) is 1.20. The van der Waals surface area contributed by atoms with Gasteiger partial charge < -0.3 is 9.47 Å². The van der Waals surface area contributed by atoms with Gasteiger partial charge in [-0.15, -0.1) is 0 Å². The number of epoxide rings is 1. The summed E-state index contributed by atoms with van der Waals surface area (Å²) < 4.78 is 35.6. The van der Waals surface area contributed by atoms with Crippen molar-refractivity contribution < 1.29 is 18.3 Å². The molecule has 13 heavy (non-hydrogen) atoms. The van der Waals surface area contributed by atoms with E-state index in [0.717, 1.165) is 0 Å². The van der Waals surface area contributed by atoms with E-state index in [-0.39, 0.29) is 11.9 Å². The number of rotatable bonds is 2. The summed E-state index contributed by atoms with van der Waals surface area (Å²) in [6, 6.07) is 2.47. The smallest absolute Gasteiger partial charge is 0.190 e. The summed E-state index contributed by atoms with van der Waals surface area (Å²) in [6.07, 6.45) is -0.144. The molecule has 4 heteroatoms. The molecule has 0 bridgehead atoms. The average molecular weight is 186 g/mol. The summed E-state index contributed by atoms with van der Waals surface area (Å²) in [7, 11) is 1.23. The largest absolute Gasteiger partial charge is 0.491 e. The fourth-order valence-corrected chi connectivity index (χ4v) is 1.20. The first-order valence-electron chi connectivity index (χ1n) is 3.87. The first kappa shape index (κ1) is 8.44. The molecule has 2 rings (SSSR count). The van der Waals surface area contributed by atoms with E-state index in [1.54, 1.807) is 0 Å². The lowest BCUT2D eigenvalue weighted by molar-refractivity contribution is 0.357. The zero-order valence-electron chi connectivity index (χ0n) is 7.01. The predicted octanol–water partition coefficient (Wildman–Crippen LogP) is 2.04. The average Bonchev–Trinajstić information content (AvgIpc) is 2.85.